The average molecular weight is 364 g/mol. The third-order valence-electron chi connectivity index (χ3n) is 3.92. The van der Waals surface area contributed by atoms with E-state index in [4.69, 9.17) is 0 Å². The topological polar surface area (TPSA) is 117 Å². The normalized spacial score (nSPS) is 20.7. The van der Waals surface area contributed by atoms with Gasteiger partial charge in [-0.05, 0) is 33.6 Å². The zero-order valence-corrected chi connectivity index (χ0v) is 16.1. The van der Waals surface area contributed by atoms with Crippen molar-refractivity contribution in [2.75, 3.05) is 5.32 Å². The van der Waals surface area contributed by atoms with Crippen molar-refractivity contribution >= 4 is 23.5 Å². The summed E-state index contributed by atoms with van der Waals surface area (Å²) >= 11 is 0. The average Bonchev–Trinajstić information content (AvgIpc) is 2.85. The minimum absolute atomic E-state index is 0.00834. The molecule has 4 N–H and O–H groups in total. The number of rotatable bonds is 3. The van der Waals surface area contributed by atoms with E-state index in [2.05, 4.69) is 26.4 Å². The van der Waals surface area contributed by atoms with Crippen LogP contribution in [0.15, 0.2) is 6.07 Å². The number of amides is 3. The molecule has 1 fully saturated rings. The molecule has 2 unspecified atom stereocenters. The second kappa shape index (κ2) is 7.45. The maximum absolute atomic E-state index is 12.2. The number of nitrogens with zero attached hydrogens (tertiary/aromatic N) is 2. The molecule has 1 aromatic rings. The minimum Gasteiger partial charge on any atom is -0.343 e. The standard InChI is InChI=1S/C17H28N6O3/c1-9(2)11-8-13(24)20-16(18-11)23-12(7-10(3)22-23)19-14(25)15(26)21-17(4,5)6/h7,9,11,16,18H,8H2,1-6H3,(H,19,25)(H,20,24)(H,21,26). The van der Waals surface area contributed by atoms with E-state index >= 15 is 0 Å². The fraction of sp³-hybridized carbons (Fsp3) is 0.647. The highest BCUT2D eigenvalue weighted by Crippen LogP contribution is 2.19. The summed E-state index contributed by atoms with van der Waals surface area (Å²) in [6.07, 6.45) is -0.220. The Morgan fingerprint density at radius 3 is 2.54 bits per heavy atom. The number of aryl methyl sites for hydroxylation is 1. The summed E-state index contributed by atoms with van der Waals surface area (Å²) in [6, 6.07) is 1.64. The van der Waals surface area contributed by atoms with Crippen molar-refractivity contribution in [1.29, 1.82) is 0 Å². The second-order valence-corrected chi connectivity index (χ2v) is 7.97. The summed E-state index contributed by atoms with van der Waals surface area (Å²) in [6.45, 7) is 11.2. The molecule has 0 aromatic carbocycles. The lowest BCUT2D eigenvalue weighted by Gasteiger charge is -2.34. The molecule has 0 spiro atoms. The third kappa shape index (κ3) is 5.04. The number of carbonyl (C=O) groups is 3. The molecule has 1 saturated heterocycles. The number of nitrogens with one attached hydrogen (secondary N) is 4. The summed E-state index contributed by atoms with van der Waals surface area (Å²) in [5.41, 5.74) is 0.132. The van der Waals surface area contributed by atoms with Crippen LogP contribution in [0.5, 0.6) is 0 Å². The Labute approximate surface area is 153 Å². The first-order valence-corrected chi connectivity index (χ1v) is 8.71. The molecule has 2 atom stereocenters. The van der Waals surface area contributed by atoms with Gasteiger partial charge in [0.25, 0.3) is 0 Å². The largest absolute Gasteiger partial charge is 0.343 e. The summed E-state index contributed by atoms with van der Waals surface area (Å²) in [5, 5.41) is 15.6. The van der Waals surface area contributed by atoms with Gasteiger partial charge in [-0.1, -0.05) is 13.8 Å². The maximum atomic E-state index is 12.2. The lowest BCUT2D eigenvalue weighted by molar-refractivity contribution is -0.137. The van der Waals surface area contributed by atoms with Crippen LogP contribution in [0.1, 0.15) is 53.0 Å². The molecule has 0 saturated carbocycles. The molecule has 2 rings (SSSR count). The summed E-state index contributed by atoms with van der Waals surface area (Å²) in [5.74, 6) is -1.02. The van der Waals surface area contributed by atoms with E-state index in [9.17, 15) is 14.4 Å². The van der Waals surface area contributed by atoms with Crippen molar-refractivity contribution < 1.29 is 14.4 Å². The van der Waals surface area contributed by atoms with Crippen molar-refractivity contribution in [1.82, 2.24) is 25.7 Å². The van der Waals surface area contributed by atoms with E-state index in [1.165, 1.54) is 4.68 Å². The predicted molar refractivity (Wildman–Crippen MR) is 97.0 cm³/mol. The van der Waals surface area contributed by atoms with Gasteiger partial charge in [-0.2, -0.15) is 5.10 Å². The molecule has 26 heavy (non-hydrogen) atoms. The summed E-state index contributed by atoms with van der Waals surface area (Å²) in [4.78, 5) is 36.2. The fourth-order valence-corrected chi connectivity index (χ4v) is 2.65. The molecule has 2 heterocycles. The molecule has 1 aliphatic rings. The van der Waals surface area contributed by atoms with E-state index in [0.717, 1.165) is 0 Å². The van der Waals surface area contributed by atoms with Crippen LogP contribution in [0.3, 0.4) is 0 Å². The van der Waals surface area contributed by atoms with E-state index in [0.29, 0.717) is 17.9 Å². The molecule has 9 heteroatoms. The van der Waals surface area contributed by atoms with Crippen molar-refractivity contribution in [2.45, 2.75) is 65.8 Å². The number of hydrogen-bond acceptors (Lipinski definition) is 5. The monoisotopic (exact) mass is 364 g/mol. The van der Waals surface area contributed by atoms with Gasteiger partial charge in [0.2, 0.25) is 5.91 Å². The van der Waals surface area contributed by atoms with Gasteiger partial charge < -0.3 is 16.0 Å². The number of hydrogen-bond donors (Lipinski definition) is 4. The van der Waals surface area contributed by atoms with Gasteiger partial charge in [-0.3, -0.25) is 19.7 Å². The lowest BCUT2D eigenvalue weighted by Crippen LogP contribution is -2.55. The van der Waals surface area contributed by atoms with Gasteiger partial charge in [0.1, 0.15) is 5.82 Å². The van der Waals surface area contributed by atoms with Crippen LogP contribution < -0.4 is 21.3 Å². The number of aromatic nitrogens is 2. The Balaban J connectivity index is 2.18. The van der Waals surface area contributed by atoms with Gasteiger partial charge >= 0.3 is 11.8 Å². The molecule has 0 aliphatic carbocycles. The van der Waals surface area contributed by atoms with E-state index < -0.39 is 23.6 Å². The van der Waals surface area contributed by atoms with Crippen molar-refractivity contribution in [3.63, 3.8) is 0 Å². The van der Waals surface area contributed by atoms with Gasteiger partial charge in [0, 0.05) is 24.1 Å². The Hall–Kier alpha value is -2.42. The SMILES string of the molecule is Cc1cc(NC(=O)C(=O)NC(C)(C)C)n(C2NC(=O)CC(C(C)C)N2)n1. The third-order valence-corrected chi connectivity index (χ3v) is 3.92. The first kappa shape index (κ1) is 19.9. The molecule has 9 nitrogen and oxygen atoms in total. The van der Waals surface area contributed by atoms with Crippen molar-refractivity contribution in [2.24, 2.45) is 5.92 Å². The zero-order chi connectivity index (χ0) is 19.6. The first-order valence-electron chi connectivity index (χ1n) is 8.71. The van der Waals surface area contributed by atoms with Gasteiger partial charge in [-0.15, -0.1) is 0 Å². The molecule has 0 bridgehead atoms. The van der Waals surface area contributed by atoms with Crippen LogP contribution in [-0.2, 0) is 14.4 Å². The zero-order valence-electron chi connectivity index (χ0n) is 16.1. The highest BCUT2D eigenvalue weighted by molar-refractivity contribution is 6.39. The van der Waals surface area contributed by atoms with E-state index in [-0.39, 0.29) is 17.9 Å². The Morgan fingerprint density at radius 1 is 1.31 bits per heavy atom. The highest BCUT2D eigenvalue weighted by atomic mass is 16.2. The Morgan fingerprint density at radius 2 is 1.96 bits per heavy atom. The number of anilines is 1. The molecular weight excluding hydrogens is 336 g/mol. The highest BCUT2D eigenvalue weighted by Gasteiger charge is 2.31. The van der Waals surface area contributed by atoms with Gasteiger partial charge in [0.15, 0.2) is 6.29 Å². The van der Waals surface area contributed by atoms with Crippen LogP contribution in [0, 0.1) is 12.8 Å². The van der Waals surface area contributed by atoms with Crippen LogP contribution >= 0.6 is 0 Å². The summed E-state index contributed by atoms with van der Waals surface area (Å²) < 4.78 is 1.48. The molecule has 1 aromatic heterocycles. The maximum Gasteiger partial charge on any atom is 0.314 e. The van der Waals surface area contributed by atoms with Crippen molar-refractivity contribution in [3.8, 4) is 0 Å². The molecule has 0 radical (unpaired) electrons. The first-order chi connectivity index (χ1) is 12.0. The van der Waals surface area contributed by atoms with E-state index in [1.807, 2.05) is 13.8 Å². The van der Waals surface area contributed by atoms with E-state index in [1.54, 1.807) is 33.8 Å². The van der Waals surface area contributed by atoms with Crippen molar-refractivity contribution in [3.05, 3.63) is 11.8 Å². The quantitative estimate of drug-likeness (QED) is 0.587. The van der Waals surface area contributed by atoms with Crippen LogP contribution in [0.4, 0.5) is 5.82 Å². The van der Waals surface area contributed by atoms with Gasteiger partial charge in [0.05, 0.1) is 5.69 Å². The molecule has 144 valence electrons. The number of carbonyl (C=O) groups excluding carboxylic acids is 3. The molecule has 3 amide bonds. The smallest absolute Gasteiger partial charge is 0.314 e. The van der Waals surface area contributed by atoms with Crippen LogP contribution in [0.25, 0.3) is 0 Å². The molecule has 1 aliphatic heterocycles. The van der Waals surface area contributed by atoms with Crippen LogP contribution in [-0.4, -0.2) is 39.1 Å². The second-order valence-electron chi connectivity index (χ2n) is 7.97. The fourth-order valence-electron chi connectivity index (χ4n) is 2.65. The predicted octanol–water partition coefficient (Wildman–Crippen LogP) is 0.635. The Kier molecular flexibility index (Phi) is 5.70. The van der Waals surface area contributed by atoms with Crippen LogP contribution in [0.2, 0.25) is 0 Å². The lowest BCUT2D eigenvalue weighted by atomic mass is 9.99. The Bertz CT molecular complexity index is 704. The van der Waals surface area contributed by atoms with Gasteiger partial charge in [-0.25, -0.2) is 4.68 Å². The summed E-state index contributed by atoms with van der Waals surface area (Å²) in [7, 11) is 0. The minimum atomic E-state index is -0.788. The molecular formula is C17H28N6O3.